The lowest BCUT2D eigenvalue weighted by Gasteiger charge is -2.38. The van der Waals surface area contributed by atoms with Gasteiger partial charge >= 0.3 is 0 Å². The van der Waals surface area contributed by atoms with Crippen molar-refractivity contribution in [1.82, 2.24) is 9.88 Å². The Kier molecular flexibility index (Phi) is 4.81. The number of hydrogen-bond acceptors (Lipinski definition) is 4. The molecule has 3 rings (SSSR count). The van der Waals surface area contributed by atoms with E-state index in [4.69, 9.17) is 4.74 Å². The SMILES string of the molecule is Cc1cccc(OC2CN(C(=O)CSc3ccc(F)cc3)C2)n1. The van der Waals surface area contributed by atoms with Crippen LogP contribution in [0.25, 0.3) is 0 Å². The zero-order chi connectivity index (χ0) is 16.2. The van der Waals surface area contributed by atoms with Gasteiger partial charge in [0.1, 0.15) is 11.9 Å². The highest BCUT2D eigenvalue weighted by atomic mass is 32.2. The minimum absolute atomic E-state index is 0.00377. The molecule has 0 spiro atoms. The van der Waals surface area contributed by atoms with Gasteiger partial charge in [-0.2, -0.15) is 0 Å². The van der Waals surface area contributed by atoms with E-state index in [1.165, 1.54) is 23.9 Å². The molecular formula is C17H17FN2O2S. The van der Waals surface area contributed by atoms with Crippen LogP contribution in [0.2, 0.25) is 0 Å². The van der Waals surface area contributed by atoms with Crippen LogP contribution in [-0.2, 0) is 4.79 Å². The number of halogens is 1. The highest BCUT2D eigenvalue weighted by Gasteiger charge is 2.32. The molecular weight excluding hydrogens is 315 g/mol. The Morgan fingerprint density at radius 1 is 1.30 bits per heavy atom. The predicted molar refractivity (Wildman–Crippen MR) is 87.1 cm³/mol. The Labute approximate surface area is 138 Å². The number of pyridine rings is 1. The highest BCUT2D eigenvalue weighted by Crippen LogP contribution is 2.21. The van der Waals surface area contributed by atoms with Gasteiger partial charge in [-0.25, -0.2) is 9.37 Å². The van der Waals surface area contributed by atoms with Crippen molar-refractivity contribution in [2.75, 3.05) is 18.8 Å². The maximum Gasteiger partial charge on any atom is 0.233 e. The molecule has 0 unspecified atom stereocenters. The lowest BCUT2D eigenvalue weighted by atomic mass is 10.1. The summed E-state index contributed by atoms with van der Waals surface area (Å²) < 4.78 is 18.6. The van der Waals surface area contributed by atoms with Crippen molar-refractivity contribution in [3.8, 4) is 5.88 Å². The van der Waals surface area contributed by atoms with Gasteiger partial charge in [-0.3, -0.25) is 4.79 Å². The summed E-state index contributed by atoms with van der Waals surface area (Å²) >= 11 is 1.41. The monoisotopic (exact) mass is 332 g/mol. The van der Waals surface area contributed by atoms with Crippen LogP contribution in [0.15, 0.2) is 47.4 Å². The molecule has 0 bridgehead atoms. The zero-order valence-corrected chi connectivity index (χ0v) is 13.6. The Bertz CT molecular complexity index is 687. The Hall–Kier alpha value is -2.08. The number of amides is 1. The van der Waals surface area contributed by atoms with Crippen LogP contribution < -0.4 is 4.74 Å². The van der Waals surface area contributed by atoms with Crippen molar-refractivity contribution >= 4 is 17.7 Å². The first kappa shape index (κ1) is 15.8. The molecule has 1 aromatic carbocycles. The summed E-state index contributed by atoms with van der Waals surface area (Å²) in [4.78, 5) is 19.0. The summed E-state index contributed by atoms with van der Waals surface area (Å²) in [6, 6.07) is 11.8. The lowest BCUT2D eigenvalue weighted by molar-refractivity contribution is -0.137. The average Bonchev–Trinajstić information content (AvgIpc) is 2.50. The second-order valence-corrected chi connectivity index (χ2v) is 6.45. The van der Waals surface area contributed by atoms with E-state index in [2.05, 4.69) is 4.98 Å². The molecule has 2 heterocycles. The molecule has 1 aliphatic rings. The van der Waals surface area contributed by atoms with Gasteiger partial charge in [0.15, 0.2) is 0 Å². The number of rotatable bonds is 5. The van der Waals surface area contributed by atoms with E-state index in [0.717, 1.165) is 10.6 Å². The number of thioether (sulfide) groups is 1. The maximum atomic E-state index is 12.8. The molecule has 23 heavy (non-hydrogen) atoms. The van der Waals surface area contributed by atoms with Crippen molar-refractivity contribution in [1.29, 1.82) is 0 Å². The second-order valence-electron chi connectivity index (χ2n) is 5.40. The van der Waals surface area contributed by atoms with Crippen LogP contribution >= 0.6 is 11.8 Å². The summed E-state index contributed by atoms with van der Waals surface area (Å²) in [5.74, 6) is 0.744. The van der Waals surface area contributed by atoms with Gasteiger partial charge in [0.05, 0.1) is 18.8 Å². The topological polar surface area (TPSA) is 42.4 Å². The van der Waals surface area contributed by atoms with Gasteiger partial charge < -0.3 is 9.64 Å². The van der Waals surface area contributed by atoms with Crippen molar-refractivity contribution in [2.45, 2.75) is 17.9 Å². The van der Waals surface area contributed by atoms with Gasteiger partial charge in [0.2, 0.25) is 11.8 Å². The number of aryl methyl sites for hydroxylation is 1. The fourth-order valence-electron chi connectivity index (χ4n) is 2.24. The van der Waals surface area contributed by atoms with E-state index < -0.39 is 0 Å². The van der Waals surface area contributed by atoms with Crippen molar-refractivity contribution < 1.29 is 13.9 Å². The fraction of sp³-hybridized carbons (Fsp3) is 0.294. The van der Waals surface area contributed by atoms with E-state index in [-0.39, 0.29) is 17.8 Å². The Morgan fingerprint density at radius 2 is 2.04 bits per heavy atom. The number of carbonyl (C=O) groups excluding carboxylic acids is 1. The molecule has 0 radical (unpaired) electrons. The van der Waals surface area contributed by atoms with Gasteiger partial charge in [-0.05, 0) is 37.3 Å². The van der Waals surface area contributed by atoms with E-state index in [0.29, 0.717) is 24.7 Å². The Balaban J connectivity index is 1.42. The number of likely N-dealkylation sites (tertiary alicyclic amines) is 1. The number of hydrogen-bond donors (Lipinski definition) is 0. The zero-order valence-electron chi connectivity index (χ0n) is 12.7. The van der Waals surface area contributed by atoms with Crippen LogP contribution in [0.1, 0.15) is 5.69 Å². The van der Waals surface area contributed by atoms with Crippen molar-refractivity contribution in [3.05, 3.63) is 54.0 Å². The average molecular weight is 332 g/mol. The number of nitrogens with zero attached hydrogens (tertiary/aromatic N) is 2. The van der Waals surface area contributed by atoms with Gasteiger partial charge in [-0.1, -0.05) is 6.07 Å². The number of ether oxygens (including phenoxy) is 1. The van der Waals surface area contributed by atoms with Gasteiger partial charge in [0, 0.05) is 16.7 Å². The smallest absolute Gasteiger partial charge is 0.233 e. The number of benzene rings is 1. The largest absolute Gasteiger partial charge is 0.471 e. The molecule has 1 fully saturated rings. The van der Waals surface area contributed by atoms with Crippen LogP contribution in [0.4, 0.5) is 4.39 Å². The standard InChI is InChI=1S/C17H17FN2O2S/c1-12-3-2-4-16(19-12)22-14-9-20(10-14)17(21)11-23-15-7-5-13(18)6-8-15/h2-8,14H,9-11H2,1H3. The van der Waals surface area contributed by atoms with Gasteiger partial charge in [-0.15, -0.1) is 11.8 Å². The van der Waals surface area contributed by atoms with Crippen molar-refractivity contribution in [2.24, 2.45) is 0 Å². The second kappa shape index (κ2) is 7.00. The summed E-state index contributed by atoms with van der Waals surface area (Å²) in [5.41, 5.74) is 0.908. The minimum Gasteiger partial charge on any atom is -0.471 e. The van der Waals surface area contributed by atoms with Crippen LogP contribution in [-0.4, -0.2) is 40.7 Å². The van der Waals surface area contributed by atoms with Crippen LogP contribution in [0, 0.1) is 12.7 Å². The fourth-order valence-corrected chi connectivity index (χ4v) is 3.04. The molecule has 1 aliphatic heterocycles. The summed E-state index contributed by atoms with van der Waals surface area (Å²) in [6.45, 7) is 3.08. The van der Waals surface area contributed by atoms with Gasteiger partial charge in [0.25, 0.3) is 0 Å². The predicted octanol–water partition coefficient (Wildman–Crippen LogP) is 2.91. The van der Waals surface area contributed by atoms with Crippen LogP contribution in [0.5, 0.6) is 5.88 Å². The summed E-state index contributed by atoms with van der Waals surface area (Å²) in [6.07, 6.45) is 0.00377. The molecule has 6 heteroatoms. The lowest BCUT2D eigenvalue weighted by Crippen LogP contribution is -2.56. The molecule has 4 nitrogen and oxygen atoms in total. The highest BCUT2D eigenvalue weighted by molar-refractivity contribution is 8.00. The first-order valence-corrected chi connectivity index (χ1v) is 8.35. The molecule has 1 amide bonds. The molecule has 0 aliphatic carbocycles. The van der Waals surface area contributed by atoms with E-state index in [9.17, 15) is 9.18 Å². The summed E-state index contributed by atoms with van der Waals surface area (Å²) in [7, 11) is 0. The third-order valence-corrected chi connectivity index (χ3v) is 4.52. The van der Waals surface area contributed by atoms with Crippen molar-refractivity contribution in [3.63, 3.8) is 0 Å². The first-order valence-electron chi connectivity index (χ1n) is 7.36. The van der Waals surface area contributed by atoms with E-state index in [1.807, 2.05) is 25.1 Å². The quantitative estimate of drug-likeness (QED) is 0.790. The first-order chi connectivity index (χ1) is 11.1. The van der Waals surface area contributed by atoms with Crippen LogP contribution in [0.3, 0.4) is 0 Å². The Morgan fingerprint density at radius 3 is 2.74 bits per heavy atom. The normalized spacial score (nSPS) is 14.4. The third-order valence-electron chi connectivity index (χ3n) is 3.53. The molecule has 0 saturated carbocycles. The number of carbonyl (C=O) groups is 1. The molecule has 2 aromatic rings. The molecule has 1 aromatic heterocycles. The van der Waals surface area contributed by atoms with E-state index >= 15 is 0 Å². The third kappa shape index (κ3) is 4.22. The minimum atomic E-state index is -0.270. The molecule has 120 valence electrons. The molecule has 0 atom stereocenters. The molecule has 0 N–H and O–H groups in total. The molecule has 1 saturated heterocycles. The summed E-state index contributed by atoms with van der Waals surface area (Å²) in [5, 5.41) is 0. The maximum absolute atomic E-state index is 12.8. The number of aromatic nitrogens is 1. The van der Waals surface area contributed by atoms with E-state index in [1.54, 1.807) is 17.0 Å².